The second kappa shape index (κ2) is 8.25. The average molecular weight is 444 g/mol. The second-order valence-electron chi connectivity index (χ2n) is 6.71. The highest BCUT2D eigenvalue weighted by atomic mass is 32.2. The predicted octanol–water partition coefficient (Wildman–Crippen LogP) is 3.10. The number of nitrogens with zero attached hydrogens (tertiary/aromatic N) is 4. The van der Waals surface area contributed by atoms with E-state index >= 15 is 0 Å². The van der Waals surface area contributed by atoms with Gasteiger partial charge < -0.3 is 9.32 Å². The molecule has 11 heteroatoms. The molecule has 1 aromatic carbocycles. The van der Waals surface area contributed by atoms with Crippen molar-refractivity contribution in [3.05, 3.63) is 47.2 Å². The predicted molar refractivity (Wildman–Crippen MR) is 109 cm³/mol. The molecule has 9 nitrogen and oxygen atoms in total. The summed E-state index contributed by atoms with van der Waals surface area (Å²) < 4.78 is 33.3. The first-order valence-electron chi connectivity index (χ1n) is 9.21. The fourth-order valence-electron chi connectivity index (χ4n) is 3.05. The number of hydrogen-bond donors (Lipinski definition) is 1. The quantitative estimate of drug-likeness (QED) is 0.641. The minimum Gasteiger partial charge on any atom is -0.412 e. The standard InChI is InChI=1S/C19H17N5O4S2/c20-11-13-4-6-15(7-5-13)23-30(26,27)16-10-14(12-29-16)17-21-22-18(28-17)19(25)24-8-2-1-3-9-24/h4-7,10,12,23H,1-3,8-9H2. The third kappa shape index (κ3) is 4.19. The highest BCUT2D eigenvalue weighted by molar-refractivity contribution is 7.94. The molecule has 30 heavy (non-hydrogen) atoms. The Morgan fingerprint density at radius 3 is 2.60 bits per heavy atom. The molecule has 0 atom stereocenters. The van der Waals surface area contributed by atoms with E-state index in [0.29, 0.717) is 29.9 Å². The first-order valence-corrected chi connectivity index (χ1v) is 11.6. The van der Waals surface area contributed by atoms with Gasteiger partial charge in [-0.05, 0) is 49.6 Å². The van der Waals surface area contributed by atoms with Crippen LogP contribution in [0.25, 0.3) is 11.5 Å². The van der Waals surface area contributed by atoms with Crippen LogP contribution in [0.5, 0.6) is 0 Å². The third-order valence-electron chi connectivity index (χ3n) is 4.60. The molecule has 1 saturated heterocycles. The lowest BCUT2D eigenvalue weighted by molar-refractivity contribution is 0.0684. The topological polar surface area (TPSA) is 129 Å². The molecule has 1 amide bonds. The van der Waals surface area contributed by atoms with Crippen molar-refractivity contribution >= 4 is 33.0 Å². The highest BCUT2D eigenvalue weighted by Crippen LogP contribution is 2.29. The van der Waals surface area contributed by atoms with Crippen LogP contribution < -0.4 is 4.72 Å². The molecule has 1 fully saturated rings. The normalized spacial score (nSPS) is 14.3. The first kappa shape index (κ1) is 20.1. The number of likely N-dealkylation sites (tertiary alicyclic amines) is 1. The highest BCUT2D eigenvalue weighted by Gasteiger charge is 2.25. The van der Waals surface area contributed by atoms with E-state index in [0.717, 1.165) is 30.6 Å². The lowest BCUT2D eigenvalue weighted by Crippen LogP contribution is -2.35. The van der Waals surface area contributed by atoms with E-state index in [2.05, 4.69) is 14.9 Å². The molecule has 4 rings (SSSR count). The molecular formula is C19H17N5O4S2. The van der Waals surface area contributed by atoms with Crippen LogP contribution in [-0.2, 0) is 10.0 Å². The molecule has 0 bridgehead atoms. The zero-order chi connectivity index (χ0) is 21.1. The summed E-state index contributed by atoms with van der Waals surface area (Å²) in [6.07, 6.45) is 3.00. The van der Waals surface area contributed by atoms with E-state index in [4.69, 9.17) is 9.68 Å². The number of carbonyl (C=O) groups excluding carboxylic acids is 1. The molecule has 0 saturated carbocycles. The number of benzene rings is 1. The number of nitrogens with one attached hydrogen (secondary N) is 1. The van der Waals surface area contributed by atoms with Crippen molar-refractivity contribution in [3.63, 3.8) is 0 Å². The average Bonchev–Trinajstić information content (AvgIpc) is 3.44. The molecule has 0 spiro atoms. The Labute approximate surface area is 177 Å². The van der Waals surface area contributed by atoms with Gasteiger partial charge in [-0.1, -0.05) is 0 Å². The number of piperidine rings is 1. The number of anilines is 1. The van der Waals surface area contributed by atoms with Gasteiger partial charge in [0.25, 0.3) is 10.0 Å². The minimum absolute atomic E-state index is 0.0592. The van der Waals surface area contributed by atoms with E-state index in [9.17, 15) is 13.2 Å². The third-order valence-corrected chi connectivity index (χ3v) is 7.43. The molecule has 1 aliphatic heterocycles. The maximum absolute atomic E-state index is 12.6. The molecule has 0 radical (unpaired) electrons. The molecule has 1 aliphatic rings. The molecule has 3 aromatic rings. The summed E-state index contributed by atoms with van der Waals surface area (Å²) >= 11 is 0.998. The molecule has 0 aliphatic carbocycles. The van der Waals surface area contributed by atoms with E-state index < -0.39 is 10.0 Å². The maximum atomic E-state index is 12.6. The van der Waals surface area contributed by atoms with Crippen molar-refractivity contribution in [2.45, 2.75) is 23.5 Å². The first-order chi connectivity index (χ1) is 14.5. The fourth-order valence-corrected chi connectivity index (χ4v) is 5.26. The van der Waals surface area contributed by atoms with Crippen molar-refractivity contribution in [1.82, 2.24) is 15.1 Å². The monoisotopic (exact) mass is 443 g/mol. The zero-order valence-electron chi connectivity index (χ0n) is 15.7. The molecule has 3 heterocycles. The van der Waals surface area contributed by atoms with Gasteiger partial charge in [0, 0.05) is 24.2 Å². The van der Waals surface area contributed by atoms with Gasteiger partial charge in [-0.3, -0.25) is 9.52 Å². The van der Waals surface area contributed by atoms with Crippen molar-refractivity contribution in [1.29, 1.82) is 5.26 Å². The van der Waals surface area contributed by atoms with Gasteiger partial charge in [0.15, 0.2) is 0 Å². The van der Waals surface area contributed by atoms with Gasteiger partial charge in [0.05, 0.1) is 17.2 Å². The molecule has 0 unspecified atom stereocenters. The Balaban J connectivity index is 1.50. The summed E-state index contributed by atoms with van der Waals surface area (Å²) in [4.78, 5) is 14.2. The SMILES string of the molecule is N#Cc1ccc(NS(=O)(=O)c2cc(-c3nnc(C(=O)N4CCCCC4)o3)cs2)cc1. The summed E-state index contributed by atoms with van der Waals surface area (Å²) in [5.74, 6) is -0.316. The summed E-state index contributed by atoms with van der Waals surface area (Å²) in [6.45, 7) is 1.33. The summed E-state index contributed by atoms with van der Waals surface area (Å²) in [5, 5.41) is 18.1. The van der Waals surface area contributed by atoms with Crippen LogP contribution in [0.15, 0.2) is 44.3 Å². The molecule has 2 aromatic heterocycles. The van der Waals surface area contributed by atoms with E-state index in [1.807, 2.05) is 6.07 Å². The van der Waals surface area contributed by atoms with Crippen LogP contribution in [0, 0.1) is 11.3 Å². The molecule has 1 N–H and O–H groups in total. The Hall–Kier alpha value is -3.23. The van der Waals surface area contributed by atoms with Crippen LogP contribution in [-0.4, -0.2) is 42.5 Å². The number of sulfonamides is 1. The summed E-state index contributed by atoms with van der Waals surface area (Å²) in [6, 6.07) is 9.47. The zero-order valence-corrected chi connectivity index (χ0v) is 17.4. The number of thiophene rings is 1. The summed E-state index contributed by atoms with van der Waals surface area (Å²) in [7, 11) is -3.83. The molecule has 154 valence electrons. The number of amides is 1. The van der Waals surface area contributed by atoms with Gasteiger partial charge in [-0.25, -0.2) is 8.42 Å². The van der Waals surface area contributed by atoms with Gasteiger partial charge in [-0.15, -0.1) is 21.5 Å². The van der Waals surface area contributed by atoms with Crippen molar-refractivity contribution in [3.8, 4) is 17.5 Å². The van der Waals surface area contributed by atoms with E-state index in [1.54, 1.807) is 10.3 Å². The van der Waals surface area contributed by atoms with Crippen LogP contribution in [0.3, 0.4) is 0 Å². The Kier molecular flexibility index (Phi) is 5.52. The minimum atomic E-state index is -3.83. The van der Waals surface area contributed by atoms with Crippen LogP contribution >= 0.6 is 11.3 Å². The number of rotatable bonds is 5. The number of hydrogen-bond acceptors (Lipinski definition) is 8. The van der Waals surface area contributed by atoms with Gasteiger partial charge in [0.2, 0.25) is 5.89 Å². The van der Waals surface area contributed by atoms with E-state index in [-0.39, 0.29) is 21.9 Å². The van der Waals surface area contributed by atoms with E-state index in [1.165, 1.54) is 30.3 Å². The van der Waals surface area contributed by atoms with Crippen molar-refractivity contribution in [2.75, 3.05) is 17.8 Å². The number of aromatic nitrogens is 2. The van der Waals surface area contributed by atoms with Crippen LogP contribution in [0.2, 0.25) is 0 Å². The smallest absolute Gasteiger partial charge is 0.311 e. The Morgan fingerprint density at radius 2 is 1.90 bits per heavy atom. The number of nitriles is 1. The molecular weight excluding hydrogens is 426 g/mol. The van der Waals surface area contributed by atoms with Crippen molar-refractivity contribution < 1.29 is 17.6 Å². The fraction of sp³-hybridized carbons (Fsp3) is 0.263. The van der Waals surface area contributed by atoms with Gasteiger partial charge in [-0.2, -0.15) is 5.26 Å². The van der Waals surface area contributed by atoms with Gasteiger partial charge in [0.1, 0.15) is 4.21 Å². The Morgan fingerprint density at radius 1 is 1.17 bits per heavy atom. The lowest BCUT2D eigenvalue weighted by atomic mass is 10.1. The number of carbonyl (C=O) groups is 1. The lowest BCUT2D eigenvalue weighted by Gasteiger charge is -2.24. The summed E-state index contributed by atoms with van der Waals surface area (Å²) in [5.41, 5.74) is 1.20. The van der Waals surface area contributed by atoms with Gasteiger partial charge >= 0.3 is 11.8 Å². The second-order valence-corrected chi connectivity index (χ2v) is 9.53. The van der Waals surface area contributed by atoms with Crippen LogP contribution in [0.1, 0.15) is 35.5 Å². The maximum Gasteiger partial charge on any atom is 0.311 e. The Bertz CT molecular complexity index is 1200. The van der Waals surface area contributed by atoms with Crippen LogP contribution in [0.4, 0.5) is 5.69 Å². The van der Waals surface area contributed by atoms with Crippen molar-refractivity contribution in [2.24, 2.45) is 0 Å². The largest absolute Gasteiger partial charge is 0.412 e.